The average Bonchev–Trinajstić information content (AvgIpc) is 2.82. The minimum Gasteiger partial charge on any atom is -0.463 e. The lowest BCUT2D eigenvalue weighted by molar-refractivity contribution is -0.384. The quantitative estimate of drug-likeness (QED) is 0.131. The number of nitrogens with one attached hydrogen (secondary N) is 1. The van der Waals surface area contributed by atoms with Crippen molar-refractivity contribution in [3.05, 3.63) is 34.4 Å². The molecule has 1 aromatic rings. The van der Waals surface area contributed by atoms with E-state index in [0.29, 0.717) is 0 Å². The number of carbonyl (C=O) groups is 1. The molecular weight excluding hydrogens is 476 g/mol. The van der Waals surface area contributed by atoms with Crippen LogP contribution in [0.1, 0.15) is 6.92 Å². The highest BCUT2D eigenvalue weighted by atomic mass is 16.7. The van der Waals surface area contributed by atoms with Gasteiger partial charge < -0.3 is 55.3 Å². The molecule has 1 aromatic carbocycles. The maximum absolute atomic E-state index is 11.7. The maximum atomic E-state index is 11.7. The van der Waals surface area contributed by atoms with Gasteiger partial charge in [-0.1, -0.05) is 0 Å². The van der Waals surface area contributed by atoms with E-state index >= 15 is 0 Å². The Morgan fingerprint density at radius 1 is 1.23 bits per heavy atom. The summed E-state index contributed by atoms with van der Waals surface area (Å²) < 4.78 is 16.3. The fraction of sp³-hybridized carbons (Fsp3) is 0.650. The smallest absolute Gasteiger partial charge is 0.269 e. The summed E-state index contributed by atoms with van der Waals surface area (Å²) in [6, 6.07) is 3.30. The van der Waals surface area contributed by atoms with Gasteiger partial charge in [-0.2, -0.15) is 0 Å². The summed E-state index contributed by atoms with van der Waals surface area (Å²) in [5, 5.41) is 86.0. The molecule has 2 saturated heterocycles. The molecule has 1 unspecified atom stereocenters. The summed E-state index contributed by atoms with van der Waals surface area (Å²) >= 11 is 0. The molecule has 35 heavy (non-hydrogen) atoms. The summed E-state index contributed by atoms with van der Waals surface area (Å²) in [4.78, 5) is 21.9. The van der Waals surface area contributed by atoms with Gasteiger partial charge in [0.25, 0.3) is 5.69 Å². The van der Waals surface area contributed by atoms with Crippen LogP contribution < -0.4 is 10.1 Å². The molecule has 0 aromatic heterocycles. The lowest BCUT2D eigenvalue weighted by atomic mass is 9.78. The minimum atomic E-state index is -2.60. The summed E-state index contributed by atoms with van der Waals surface area (Å²) in [6.45, 7) is -0.334. The zero-order valence-electron chi connectivity index (χ0n) is 18.4. The maximum Gasteiger partial charge on any atom is 0.269 e. The van der Waals surface area contributed by atoms with Crippen LogP contribution in [0.2, 0.25) is 0 Å². The molecule has 0 bridgehead atoms. The van der Waals surface area contributed by atoms with Gasteiger partial charge in [-0.25, -0.2) is 0 Å². The van der Waals surface area contributed by atoms with Crippen LogP contribution in [-0.4, -0.2) is 120 Å². The van der Waals surface area contributed by atoms with Crippen molar-refractivity contribution in [2.45, 2.75) is 67.6 Å². The summed E-state index contributed by atoms with van der Waals surface area (Å²) in [6.07, 6.45) is -14.4. The van der Waals surface area contributed by atoms with Crippen LogP contribution in [0.4, 0.5) is 5.69 Å². The monoisotopic (exact) mass is 504 g/mol. The normalized spacial score (nSPS) is 38.4. The largest absolute Gasteiger partial charge is 0.463 e. The van der Waals surface area contributed by atoms with Crippen LogP contribution >= 0.6 is 0 Å². The van der Waals surface area contributed by atoms with E-state index in [4.69, 9.17) is 14.2 Å². The number of hydrogen-bond acceptors (Lipinski definition) is 13. The van der Waals surface area contributed by atoms with Crippen LogP contribution in [0.3, 0.4) is 0 Å². The van der Waals surface area contributed by atoms with Crippen molar-refractivity contribution in [3.8, 4) is 5.75 Å². The molecule has 10 atom stereocenters. The van der Waals surface area contributed by atoms with E-state index in [1.807, 2.05) is 0 Å². The number of non-ortho nitro benzene ring substituents is 1. The molecule has 196 valence electrons. The van der Waals surface area contributed by atoms with Crippen molar-refractivity contribution < 1.29 is 59.7 Å². The molecule has 0 radical (unpaired) electrons. The molecule has 3 rings (SSSR count). The fourth-order valence-electron chi connectivity index (χ4n) is 4.05. The van der Waals surface area contributed by atoms with Crippen LogP contribution in [0.25, 0.3) is 0 Å². The zero-order chi connectivity index (χ0) is 26.1. The second-order valence-electron chi connectivity index (χ2n) is 8.45. The van der Waals surface area contributed by atoms with Crippen molar-refractivity contribution in [1.82, 2.24) is 5.32 Å². The highest BCUT2D eigenvalue weighted by Crippen LogP contribution is 2.34. The van der Waals surface area contributed by atoms with Crippen molar-refractivity contribution in [2.75, 3.05) is 13.2 Å². The van der Waals surface area contributed by atoms with Crippen molar-refractivity contribution in [2.24, 2.45) is 0 Å². The van der Waals surface area contributed by atoms with Gasteiger partial charge >= 0.3 is 0 Å². The number of aliphatic hydroxyl groups excluding tert-OH is 6. The number of rotatable bonds is 7. The van der Waals surface area contributed by atoms with Gasteiger partial charge in [0.05, 0.1) is 18.1 Å². The highest BCUT2D eigenvalue weighted by molar-refractivity contribution is 5.73. The minimum absolute atomic E-state index is 0.00809. The number of amides is 1. The van der Waals surface area contributed by atoms with E-state index in [-0.39, 0.29) is 11.4 Å². The van der Waals surface area contributed by atoms with Crippen molar-refractivity contribution in [3.63, 3.8) is 0 Å². The summed E-state index contributed by atoms with van der Waals surface area (Å²) in [5.41, 5.74) is -2.84. The summed E-state index contributed by atoms with van der Waals surface area (Å²) in [7, 11) is 0. The first kappa shape index (κ1) is 27.1. The number of nitrogens with zero attached hydrogens (tertiary/aromatic N) is 1. The molecule has 2 aliphatic heterocycles. The Labute approximate surface area is 198 Å². The molecule has 15 heteroatoms. The Hall–Kier alpha value is -2.47. The third kappa shape index (κ3) is 5.37. The molecule has 0 saturated carbocycles. The number of aliphatic hydroxyl groups is 7. The second kappa shape index (κ2) is 10.7. The van der Waals surface area contributed by atoms with Gasteiger partial charge in [-0.3, -0.25) is 14.9 Å². The predicted octanol–water partition coefficient (Wildman–Crippen LogP) is -3.87. The fourth-order valence-corrected chi connectivity index (χ4v) is 4.05. The third-order valence-corrected chi connectivity index (χ3v) is 6.06. The van der Waals surface area contributed by atoms with Gasteiger partial charge in [-0.15, -0.1) is 0 Å². The molecule has 0 spiro atoms. The van der Waals surface area contributed by atoms with E-state index in [1.165, 1.54) is 12.1 Å². The highest BCUT2D eigenvalue weighted by Gasteiger charge is 2.59. The summed E-state index contributed by atoms with van der Waals surface area (Å²) in [5.74, 6) is -0.622. The van der Waals surface area contributed by atoms with E-state index in [1.54, 1.807) is 0 Å². The van der Waals surface area contributed by atoms with Crippen LogP contribution in [0, 0.1) is 10.1 Å². The molecule has 0 aliphatic carbocycles. The molecule has 15 nitrogen and oxygen atoms in total. The number of carbonyl (C=O) groups excluding carboxylic acids is 1. The van der Waals surface area contributed by atoms with Gasteiger partial charge in [0.15, 0.2) is 0 Å². The Kier molecular flexibility index (Phi) is 8.25. The first-order valence-corrected chi connectivity index (χ1v) is 10.6. The lowest BCUT2D eigenvalue weighted by Gasteiger charge is -2.50. The predicted molar refractivity (Wildman–Crippen MR) is 112 cm³/mol. The van der Waals surface area contributed by atoms with E-state index in [0.717, 1.165) is 19.1 Å². The molecule has 2 heterocycles. The number of nitro benzene ring substituents is 1. The Bertz CT molecular complexity index is 902. The molecular formula is C20H28N2O13. The topological polar surface area (TPSA) is 242 Å². The van der Waals surface area contributed by atoms with Crippen molar-refractivity contribution in [1.29, 1.82) is 0 Å². The van der Waals surface area contributed by atoms with Gasteiger partial charge in [0, 0.05) is 19.1 Å². The van der Waals surface area contributed by atoms with Crippen LogP contribution in [0.15, 0.2) is 24.3 Å². The standard InChI is InChI=1S/C20H28N2O13/c1-8(24)21-12-14(26)15(27)16(18(29)20(30)7-33-11(6-23)13(25)17(20)28)35-19(12)34-10-4-2-9(3-5-10)22(31)32/h2-5,11-19,23,25-30H,6-7H2,1H3,(H,21,24)/t11-,12+,13+,14-,15-,16+,17+,18?,19+,20-/m1/s1. The molecule has 2 fully saturated rings. The van der Waals surface area contributed by atoms with Gasteiger partial charge in [-0.05, 0) is 12.1 Å². The average molecular weight is 504 g/mol. The Morgan fingerprint density at radius 2 is 1.86 bits per heavy atom. The molecule has 8 N–H and O–H groups in total. The molecule has 1 amide bonds. The number of nitro groups is 1. The van der Waals surface area contributed by atoms with Crippen LogP contribution in [-0.2, 0) is 14.3 Å². The number of ether oxygens (including phenoxy) is 3. The second-order valence-corrected chi connectivity index (χ2v) is 8.45. The first-order chi connectivity index (χ1) is 16.4. The molecule has 2 aliphatic rings. The van der Waals surface area contributed by atoms with Gasteiger partial charge in [0.2, 0.25) is 12.2 Å². The Balaban J connectivity index is 1.87. The third-order valence-electron chi connectivity index (χ3n) is 6.06. The first-order valence-electron chi connectivity index (χ1n) is 10.6. The van der Waals surface area contributed by atoms with E-state index in [9.17, 15) is 50.7 Å². The van der Waals surface area contributed by atoms with E-state index in [2.05, 4.69) is 5.32 Å². The number of hydrogen-bond donors (Lipinski definition) is 8. The van der Waals surface area contributed by atoms with E-state index < -0.39 is 84.7 Å². The zero-order valence-corrected chi connectivity index (χ0v) is 18.4. The van der Waals surface area contributed by atoms with Gasteiger partial charge in [0.1, 0.15) is 60.1 Å². The van der Waals surface area contributed by atoms with Crippen LogP contribution in [0.5, 0.6) is 5.75 Å². The lowest BCUT2D eigenvalue weighted by Crippen LogP contribution is -2.73. The van der Waals surface area contributed by atoms with Crippen molar-refractivity contribution >= 4 is 11.6 Å². The Morgan fingerprint density at radius 3 is 2.40 bits per heavy atom. The SMILES string of the molecule is CC(=O)N[C@@H]1[C@@H](Oc2ccc([N+](=O)[O-])cc2)O[C@H](C(O)[C@@]2(O)CO[C@H](CO)[C@H](O)[C@@H]2O)[C@H](O)[C@@H]1O. The number of benzene rings is 1.